The molecule has 2 saturated carbocycles. The maximum absolute atomic E-state index is 12.4. The Bertz CT molecular complexity index is 1110. The van der Waals surface area contributed by atoms with Gasteiger partial charge < -0.3 is 20.3 Å². The molecular weight excluding hydrogens is 452 g/mol. The maximum atomic E-state index is 12.4. The van der Waals surface area contributed by atoms with Gasteiger partial charge >= 0.3 is 0 Å². The standard InChI is InChI=1S/C30H38N2O4/c1-30-17-26(36-22-8-5-20(6-9-22)31-28(35)18-32-14-2-3-15-32)29-23-11-7-21(33)16-19(23)4-10-24(29)25(30)12-13-27(30)34/h5-9,11,16,24-27,29,33-34H,2-4,10,12-15,17-18H2,1H3,(H,31,35)/t24-,25-,26-,27-,29+,30-/m0/s1. The Labute approximate surface area is 213 Å². The van der Waals surface area contributed by atoms with Crippen LogP contribution < -0.4 is 10.1 Å². The third-order valence-corrected chi connectivity index (χ3v) is 9.60. The largest absolute Gasteiger partial charge is 0.508 e. The second-order valence-electron chi connectivity index (χ2n) is 11.7. The van der Waals surface area contributed by atoms with Crippen LogP contribution in [0.3, 0.4) is 0 Å². The summed E-state index contributed by atoms with van der Waals surface area (Å²) in [6.07, 6.45) is 6.79. The highest BCUT2D eigenvalue weighted by Crippen LogP contribution is 2.61. The van der Waals surface area contributed by atoms with Crippen LogP contribution in [0.25, 0.3) is 0 Å². The van der Waals surface area contributed by atoms with E-state index in [2.05, 4.69) is 23.2 Å². The van der Waals surface area contributed by atoms with Crippen LogP contribution in [-0.4, -0.2) is 52.9 Å². The number of ether oxygens (including phenoxy) is 1. The van der Waals surface area contributed by atoms with Crippen LogP contribution in [0.4, 0.5) is 5.69 Å². The van der Waals surface area contributed by atoms with Crippen molar-refractivity contribution in [3.63, 3.8) is 0 Å². The second kappa shape index (κ2) is 9.38. The predicted molar refractivity (Wildman–Crippen MR) is 139 cm³/mol. The van der Waals surface area contributed by atoms with Crippen LogP contribution in [0, 0.1) is 17.3 Å². The minimum absolute atomic E-state index is 0.0249. The first kappa shape index (κ1) is 23.8. The lowest BCUT2D eigenvalue weighted by Gasteiger charge is -2.53. The highest BCUT2D eigenvalue weighted by molar-refractivity contribution is 5.92. The summed E-state index contributed by atoms with van der Waals surface area (Å²) >= 11 is 0. The van der Waals surface area contributed by atoms with E-state index >= 15 is 0 Å². The number of rotatable bonds is 5. The number of phenols is 1. The third kappa shape index (κ3) is 4.28. The van der Waals surface area contributed by atoms with E-state index in [0.29, 0.717) is 24.1 Å². The summed E-state index contributed by atoms with van der Waals surface area (Å²) < 4.78 is 6.71. The van der Waals surface area contributed by atoms with Crippen LogP contribution in [0.1, 0.15) is 62.5 Å². The van der Waals surface area contributed by atoms with Gasteiger partial charge in [-0.25, -0.2) is 0 Å². The number of carbonyl (C=O) groups excluding carboxylic acids is 1. The molecule has 1 aliphatic heterocycles. The van der Waals surface area contributed by atoms with Gasteiger partial charge in [-0.3, -0.25) is 9.69 Å². The molecule has 2 aromatic carbocycles. The SMILES string of the molecule is C[C@]12C[C@H](Oc3ccc(NC(=O)CN4CCCC4)cc3)[C@@H]3c4ccc(O)cc4CC[C@H]3[C@@H]1CC[C@@H]2O. The number of benzene rings is 2. The number of amides is 1. The molecule has 4 aliphatic rings. The number of nitrogens with one attached hydrogen (secondary N) is 1. The maximum Gasteiger partial charge on any atom is 0.238 e. The highest BCUT2D eigenvalue weighted by atomic mass is 16.5. The average Bonchev–Trinajstić information content (AvgIpc) is 3.47. The molecule has 1 saturated heterocycles. The number of carbonyl (C=O) groups is 1. The van der Waals surface area contributed by atoms with Crippen LogP contribution in [0.2, 0.25) is 0 Å². The third-order valence-electron chi connectivity index (χ3n) is 9.60. The molecule has 0 radical (unpaired) electrons. The fourth-order valence-electron chi connectivity index (χ4n) is 7.84. The van der Waals surface area contributed by atoms with Gasteiger partial charge in [0, 0.05) is 17.0 Å². The van der Waals surface area contributed by atoms with Crippen molar-refractivity contribution in [1.29, 1.82) is 0 Å². The molecule has 6 atom stereocenters. The zero-order chi connectivity index (χ0) is 24.9. The topological polar surface area (TPSA) is 82.0 Å². The number of hydrogen-bond donors (Lipinski definition) is 3. The van der Waals surface area contributed by atoms with Crippen molar-refractivity contribution in [3.05, 3.63) is 53.6 Å². The predicted octanol–water partition coefficient (Wildman–Crippen LogP) is 4.70. The molecule has 3 N–H and O–H groups in total. The molecule has 3 fully saturated rings. The van der Waals surface area contributed by atoms with Crippen molar-refractivity contribution < 1.29 is 19.7 Å². The van der Waals surface area contributed by atoms with E-state index in [4.69, 9.17) is 4.74 Å². The van der Waals surface area contributed by atoms with E-state index in [1.54, 1.807) is 6.07 Å². The Kier molecular flexibility index (Phi) is 6.21. The summed E-state index contributed by atoms with van der Waals surface area (Å²) in [4.78, 5) is 14.6. The van der Waals surface area contributed by atoms with Gasteiger partial charge in [0.1, 0.15) is 17.6 Å². The van der Waals surface area contributed by atoms with Gasteiger partial charge in [0.05, 0.1) is 12.6 Å². The van der Waals surface area contributed by atoms with E-state index in [1.165, 1.54) is 24.0 Å². The first-order valence-corrected chi connectivity index (χ1v) is 13.7. The Hall–Kier alpha value is -2.57. The lowest BCUT2D eigenvalue weighted by Crippen LogP contribution is -2.51. The number of aryl methyl sites for hydroxylation is 1. The number of anilines is 1. The Morgan fingerprint density at radius 3 is 2.67 bits per heavy atom. The summed E-state index contributed by atoms with van der Waals surface area (Å²) in [5.74, 6) is 2.34. The zero-order valence-corrected chi connectivity index (χ0v) is 21.2. The summed E-state index contributed by atoms with van der Waals surface area (Å²) in [6, 6.07) is 13.5. The lowest BCUT2D eigenvalue weighted by atomic mass is 9.54. The average molecular weight is 491 g/mol. The molecule has 6 heteroatoms. The Balaban J connectivity index is 1.22. The molecule has 6 nitrogen and oxygen atoms in total. The molecule has 0 spiro atoms. The van der Waals surface area contributed by atoms with E-state index < -0.39 is 0 Å². The normalized spacial score (nSPS) is 33.4. The number of phenolic OH excluding ortho intramolecular Hbond substituents is 1. The number of fused-ring (bicyclic) bond motifs is 5. The number of aliphatic hydroxyl groups is 1. The molecule has 0 aromatic heterocycles. The molecule has 3 aliphatic carbocycles. The molecule has 36 heavy (non-hydrogen) atoms. The first-order valence-electron chi connectivity index (χ1n) is 13.7. The van der Waals surface area contributed by atoms with Crippen molar-refractivity contribution in [2.75, 3.05) is 25.0 Å². The summed E-state index contributed by atoms with van der Waals surface area (Å²) in [5, 5.41) is 24.1. The number of nitrogens with zero attached hydrogens (tertiary/aromatic N) is 1. The number of likely N-dealkylation sites (tertiary alicyclic amines) is 1. The van der Waals surface area contributed by atoms with Gasteiger partial charge in [-0.05, 0) is 117 Å². The number of aliphatic hydroxyl groups excluding tert-OH is 1. The Morgan fingerprint density at radius 2 is 1.89 bits per heavy atom. The monoisotopic (exact) mass is 490 g/mol. The molecule has 0 unspecified atom stereocenters. The fraction of sp³-hybridized carbons (Fsp3) is 0.567. The van der Waals surface area contributed by atoms with Crippen molar-refractivity contribution in [1.82, 2.24) is 4.90 Å². The summed E-state index contributed by atoms with van der Waals surface area (Å²) in [5.41, 5.74) is 3.17. The second-order valence-corrected chi connectivity index (χ2v) is 11.7. The minimum atomic E-state index is -0.288. The fourth-order valence-corrected chi connectivity index (χ4v) is 7.84. The van der Waals surface area contributed by atoms with E-state index in [9.17, 15) is 15.0 Å². The minimum Gasteiger partial charge on any atom is -0.508 e. The molecule has 2 aromatic rings. The van der Waals surface area contributed by atoms with Crippen LogP contribution in [0.15, 0.2) is 42.5 Å². The molecular formula is C30H38N2O4. The molecule has 0 bridgehead atoms. The summed E-state index contributed by atoms with van der Waals surface area (Å²) in [7, 11) is 0. The van der Waals surface area contributed by atoms with E-state index in [0.717, 1.165) is 56.6 Å². The molecule has 1 amide bonds. The van der Waals surface area contributed by atoms with Gasteiger partial charge in [0.25, 0.3) is 0 Å². The van der Waals surface area contributed by atoms with Crippen LogP contribution in [-0.2, 0) is 11.2 Å². The number of aromatic hydroxyl groups is 1. The summed E-state index contributed by atoms with van der Waals surface area (Å²) in [6.45, 7) is 4.70. The number of hydrogen-bond acceptors (Lipinski definition) is 5. The van der Waals surface area contributed by atoms with Crippen molar-refractivity contribution in [2.45, 2.75) is 70.0 Å². The van der Waals surface area contributed by atoms with E-state index in [1.807, 2.05) is 30.3 Å². The lowest BCUT2D eigenvalue weighted by molar-refractivity contribution is -0.117. The quantitative estimate of drug-likeness (QED) is 0.566. The molecule has 1 heterocycles. The Morgan fingerprint density at radius 1 is 1.11 bits per heavy atom. The smallest absolute Gasteiger partial charge is 0.238 e. The van der Waals surface area contributed by atoms with Gasteiger partial charge in [0.15, 0.2) is 0 Å². The molecule has 6 rings (SSSR count). The van der Waals surface area contributed by atoms with Gasteiger partial charge in [-0.1, -0.05) is 13.0 Å². The van der Waals surface area contributed by atoms with Crippen molar-refractivity contribution >= 4 is 11.6 Å². The van der Waals surface area contributed by atoms with Crippen LogP contribution >= 0.6 is 0 Å². The van der Waals surface area contributed by atoms with Crippen molar-refractivity contribution in [3.8, 4) is 11.5 Å². The van der Waals surface area contributed by atoms with Gasteiger partial charge in [-0.2, -0.15) is 0 Å². The molecule has 192 valence electrons. The zero-order valence-electron chi connectivity index (χ0n) is 21.2. The van der Waals surface area contributed by atoms with E-state index in [-0.39, 0.29) is 29.4 Å². The first-order chi connectivity index (χ1) is 17.4. The van der Waals surface area contributed by atoms with Crippen molar-refractivity contribution in [2.24, 2.45) is 17.3 Å². The van der Waals surface area contributed by atoms with Crippen LogP contribution in [0.5, 0.6) is 11.5 Å². The highest BCUT2D eigenvalue weighted by Gasteiger charge is 2.58. The van der Waals surface area contributed by atoms with Gasteiger partial charge in [-0.15, -0.1) is 0 Å². The van der Waals surface area contributed by atoms with Gasteiger partial charge in [0.2, 0.25) is 5.91 Å².